The first kappa shape index (κ1) is 14.1. The van der Waals surface area contributed by atoms with Crippen LogP contribution in [-0.2, 0) is 4.74 Å². The van der Waals surface area contributed by atoms with Gasteiger partial charge < -0.3 is 15.0 Å². The van der Waals surface area contributed by atoms with Crippen molar-refractivity contribution in [3.8, 4) is 0 Å². The summed E-state index contributed by atoms with van der Waals surface area (Å²) in [5.74, 6) is -0.403. The third kappa shape index (κ3) is 2.53. The van der Waals surface area contributed by atoms with E-state index in [0.717, 1.165) is 27.5 Å². The molecule has 2 N–H and O–H groups in total. The van der Waals surface area contributed by atoms with Gasteiger partial charge in [0.15, 0.2) is 0 Å². The Morgan fingerprint density at radius 3 is 2.95 bits per heavy atom. The Kier molecular flexibility index (Phi) is 3.78. The van der Waals surface area contributed by atoms with Gasteiger partial charge >= 0.3 is 5.97 Å². The number of esters is 1. The summed E-state index contributed by atoms with van der Waals surface area (Å²) in [7, 11) is 0. The number of H-pyrrole nitrogens is 1. The minimum atomic E-state index is -0.403. The van der Waals surface area contributed by atoms with Crippen molar-refractivity contribution in [3.63, 3.8) is 0 Å². The van der Waals surface area contributed by atoms with Crippen LogP contribution in [0.3, 0.4) is 0 Å². The molecule has 0 atom stereocenters. The highest BCUT2D eigenvalue weighted by Gasteiger charge is 2.12. The number of carbonyl (C=O) groups excluding carboxylic acids is 1. The molecule has 0 saturated carbocycles. The van der Waals surface area contributed by atoms with Gasteiger partial charge in [-0.2, -0.15) is 0 Å². The van der Waals surface area contributed by atoms with Crippen molar-refractivity contribution in [2.45, 2.75) is 6.92 Å². The lowest BCUT2D eigenvalue weighted by molar-refractivity contribution is 0.0520. The number of carbonyl (C=O) groups is 1. The van der Waals surface area contributed by atoms with Crippen molar-refractivity contribution in [1.29, 1.82) is 0 Å². The van der Waals surface area contributed by atoms with Crippen LogP contribution < -0.4 is 5.32 Å². The Morgan fingerprint density at radius 2 is 2.18 bits per heavy atom. The van der Waals surface area contributed by atoms with Crippen LogP contribution in [-0.4, -0.2) is 29.1 Å². The minimum Gasteiger partial charge on any atom is -0.461 e. The molecule has 0 spiro atoms. The largest absolute Gasteiger partial charge is 0.461 e. The fraction of sp³-hybridized carbons (Fsp3) is 0.176. The van der Waals surface area contributed by atoms with Gasteiger partial charge in [-0.3, -0.25) is 0 Å². The molecule has 0 fully saturated rings. The van der Waals surface area contributed by atoms with Gasteiger partial charge in [-0.05, 0) is 31.2 Å². The van der Waals surface area contributed by atoms with Crippen LogP contribution >= 0.6 is 0 Å². The molecular weight excluding hydrogens is 278 g/mol. The fourth-order valence-electron chi connectivity index (χ4n) is 2.42. The van der Waals surface area contributed by atoms with Gasteiger partial charge in [0.1, 0.15) is 5.69 Å². The number of nitrogens with zero attached hydrogens (tertiary/aromatic N) is 1. The number of aromatic amines is 1. The molecule has 0 radical (unpaired) electrons. The SMILES string of the molecule is C=CCNc1ccc2[nH]c3cnc(C(=O)OCC)cc3c2c1. The third-order valence-corrected chi connectivity index (χ3v) is 3.42. The normalized spacial score (nSPS) is 10.8. The molecule has 5 nitrogen and oxygen atoms in total. The quantitative estimate of drug-likeness (QED) is 0.558. The van der Waals surface area contributed by atoms with Crippen LogP contribution in [0.15, 0.2) is 43.1 Å². The maximum absolute atomic E-state index is 11.8. The number of nitrogens with one attached hydrogen (secondary N) is 2. The maximum atomic E-state index is 11.8. The predicted molar refractivity (Wildman–Crippen MR) is 88.2 cm³/mol. The molecule has 0 unspecified atom stereocenters. The summed E-state index contributed by atoms with van der Waals surface area (Å²) in [6.45, 7) is 6.51. The summed E-state index contributed by atoms with van der Waals surface area (Å²) in [5, 5.41) is 5.25. The van der Waals surface area contributed by atoms with Crippen molar-refractivity contribution in [2.24, 2.45) is 0 Å². The van der Waals surface area contributed by atoms with Gasteiger partial charge in [0.2, 0.25) is 0 Å². The number of anilines is 1. The second-order valence-electron chi connectivity index (χ2n) is 4.89. The summed E-state index contributed by atoms with van der Waals surface area (Å²) in [4.78, 5) is 19.3. The lowest BCUT2D eigenvalue weighted by Gasteiger charge is -2.03. The number of fused-ring (bicyclic) bond motifs is 3. The average Bonchev–Trinajstić information content (AvgIpc) is 2.90. The van der Waals surface area contributed by atoms with Gasteiger partial charge in [0.05, 0.1) is 18.3 Å². The summed E-state index contributed by atoms with van der Waals surface area (Å²) in [5.41, 5.74) is 3.22. The maximum Gasteiger partial charge on any atom is 0.356 e. The van der Waals surface area contributed by atoms with Crippen molar-refractivity contribution in [1.82, 2.24) is 9.97 Å². The third-order valence-electron chi connectivity index (χ3n) is 3.42. The van der Waals surface area contributed by atoms with Crippen molar-refractivity contribution >= 4 is 33.5 Å². The average molecular weight is 295 g/mol. The lowest BCUT2D eigenvalue weighted by Crippen LogP contribution is -2.06. The predicted octanol–water partition coefficient (Wildman–Crippen LogP) is 3.49. The molecule has 0 aliphatic rings. The van der Waals surface area contributed by atoms with Crippen molar-refractivity contribution in [3.05, 3.63) is 48.8 Å². The van der Waals surface area contributed by atoms with Crippen LogP contribution in [0.25, 0.3) is 21.8 Å². The lowest BCUT2D eigenvalue weighted by atomic mass is 10.1. The zero-order valence-electron chi connectivity index (χ0n) is 12.3. The summed E-state index contributed by atoms with van der Waals surface area (Å²) in [6, 6.07) is 7.82. The minimum absolute atomic E-state index is 0.319. The standard InChI is InChI=1S/C17H17N3O2/c1-3-7-18-11-5-6-14-12(8-11)13-9-15(17(21)22-4-2)19-10-16(13)20-14/h3,5-6,8-10,18,20H,1,4,7H2,2H3. The Labute approximate surface area is 128 Å². The van der Waals surface area contributed by atoms with E-state index in [1.165, 1.54) is 0 Å². The van der Waals surface area contributed by atoms with E-state index in [1.807, 2.05) is 24.3 Å². The summed E-state index contributed by atoms with van der Waals surface area (Å²) < 4.78 is 5.01. The Balaban J connectivity index is 2.10. The molecule has 0 aliphatic heterocycles. The van der Waals surface area contributed by atoms with Crippen LogP contribution in [0.5, 0.6) is 0 Å². The zero-order chi connectivity index (χ0) is 15.5. The highest BCUT2D eigenvalue weighted by Crippen LogP contribution is 2.28. The Morgan fingerprint density at radius 1 is 1.36 bits per heavy atom. The monoisotopic (exact) mass is 295 g/mol. The second-order valence-corrected chi connectivity index (χ2v) is 4.89. The van der Waals surface area contributed by atoms with E-state index in [2.05, 4.69) is 21.9 Å². The number of ether oxygens (including phenoxy) is 1. The molecule has 2 aromatic heterocycles. The highest BCUT2D eigenvalue weighted by molar-refractivity contribution is 6.09. The van der Waals surface area contributed by atoms with Gasteiger partial charge in [-0.25, -0.2) is 9.78 Å². The fourth-order valence-corrected chi connectivity index (χ4v) is 2.42. The molecule has 3 aromatic rings. The van der Waals surface area contributed by atoms with E-state index in [4.69, 9.17) is 4.74 Å². The highest BCUT2D eigenvalue weighted by atomic mass is 16.5. The molecule has 0 bridgehead atoms. The van der Waals surface area contributed by atoms with Crippen LogP contribution in [0.1, 0.15) is 17.4 Å². The molecule has 0 amide bonds. The molecule has 112 valence electrons. The van der Waals surface area contributed by atoms with Crippen LogP contribution in [0, 0.1) is 0 Å². The van der Waals surface area contributed by atoms with Gasteiger partial charge in [-0.1, -0.05) is 6.08 Å². The number of pyridine rings is 1. The molecule has 5 heteroatoms. The van der Waals surface area contributed by atoms with E-state index >= 15 is 0 Å². The Bertz CT molecular complexity index is 852. The smallest absolute Gasteiger partial charge is 0.356 e. The van der Waals surface area contributed by atoms with E-state index in [1.54, 1.807) is 19.2 Å². The molecule has 1 aromatic carbocycles. The summed E-state index contributed by atoms with van der Waals surface area (Å²) in [6.07, 6.45) is 3.47. The molecule has 0 saturated heterocycles. The van der Waals surface area contributed by atoms with E-state index < -0.39 is 5.97 Å². The topological polar surface area (TPSA) is 67.0 Å². The first-order valence-electron chi connectivity index (χ1n) is 7.16. The van der Waals surface area contributed by atoms with E-state index in [0.29, 0.717) is 18.8 Å². The second kappa shape index (κ2) is 5.89. The molecular formula is C17H17N3O2. The molecule has 22 heavy (non-hydrogen) atoms. The number of aromatic nitrogens is 2. The molecule has 0 aliphatic carbocycles. The van der Waals surface area contributed by atoms with E-state index in [9.17, 15) is 4.79 Å². The first-order valence-corrected chi connectivity index (χ1v) is 7.16. The molecule has 3 rings (SSSR count). The van der Waals surface area contributed by atoms with Gasteiger partial charge in [0, 0.05) is 28.5 Å². The number of benzene rings is 1. The van der Waals surface area contributed by atoms with Crippen molar-refractivity contribution < 1.29 is 9.53 Å². The first-order chi connectivity index (χ1) is 10.7. The van der Waals surface area contributed by atoms with Crippen LogP contribution in [0.2, 0.25) is 0 Å². The Hall–Kier alpha value is -2.82. The number of hydrogen-bond acceptors (Lipinski definition) is 4. The van der Waals surface area contributed by atoms with Gasteiger partial charge in [0.25, 0.3) is 0 Å². The number of rotatable bonds is 5. The molecule has 2 heterocycles. The van der Waals surface area contributed by atoms with Gasteiger partial charge in [-0.15, -0.1) is 6.58 Å². The zero-order valence-corrected chi connectivity index (χ0v) is 12.3. The number of hydrogen-bond donors (Lipinski definition) is 2. The van der Waals surface area contributed by atoms with Crippen LogP contribution in [0.4, 0.5) is 5.69 Å². The van der Waals surface area contributed by atoms with E-state index in [-0.39, 0.29) is 0 Å². The summed E-state index contributed by atoms with van der Waals surface area (Å²) >= 11 is 0. The van der Waals surface area contributed by atoms with Crippen molar-refractivity contribution in [2.75, 3.05) is 18.5 Å².